The third kappa shape index (κ3) is 3.29. The first-order chi connectivity index (χ1) is 11.1. The van der Waals surface area contributed by atoms with Crippen LogP contribution in [0.3, 0.4) is 0 Å². The second-order valence-electron chi connectivity index (χ2n) is 5.61. The van der Waals surface area contributed by atoms with E-state index in [0.717, 1.165) is 15.6 Å². The van der Waals surface area contributed by atoms with E-state index < -0.39 is 6.04 Å². The Morgan fingerprint density at radius 2 is 1.96 bits per heavy atom. The largest absolute Gasteiger partial charge is 0.352 e. The number of nitrogens with zero attached hydrogens (tertiary/aromatic N) is 1. The predicted octanol–water partition coefficient (Wildman–Crippen LogP) is 3.07. The number of benzene rings is 2. The first-order valence-corrected chi connectivity index (χ1v) is 8.26. The number of piperazine rings is 1. The number of carbonyl (C=O) groups excluding carboxylic acids is 2. The highest BCUT2D eigenvalue weighted by Gasteiger charge is 2.34. The lowest BCUT2D eigenvalue weighted by molar-refractivity contribution is -0.128. The number of amides is 2. The lowest BCUT2D eigenvalue weighted by Gasteiger charge is -2.35. The molecule has 0 saturated carbocycles. The van der Waals surface area contributed by atoms with E-state index in [4.69, 9.17) is 0 Å². The average Bonchev–Trinajstić information content (AvgIpc) is 2.55. The van der Waals surface area contributed by atoms with Crippen LogP contribution >= 0.6 is 15.9 Å². The van der Waals surface area contributed by atoms with Gasteiger partial charge in [0, 0.05) is 23.1 Å². The van der Waals surface area contributed by atoms with Gasteiger partial charge in [-0.05, 0) is 30.7 Å². The summed E-state index contributed by atoms with van der Waals surface area (Å²) in [6.07, 6.45) is 0. The maximum absolute atomic E-state index is 12.9. The summed E-state index contributed by atoms with van der Waals surface area (Å²) in [5.74, 6) is -0.268. The van der Waals surface area contributed by atoms with Gasteiger partial charge in [0.2, 0.25) is 5.91 Å². The molecule has 4 nitrogen and oxygen atoms in total. The highest BCUT2D eigenvalue weighted by molar-refractivity contribution is 9.10. The van der Waals surface area contributed by atoms with Gasteiger partial charge in [-0.15, -0.1) is 0 Å². The fourth-order valence-electron chi connectivity index (χ4n) is 2.75. The molecule has 2 aromatic carbocycles. The van der Waals surface area contributed by atoms with Crippen LogP contribution in [0.25, 0.3) is 0 Å². The maximum Gasteiger partial charge on any atom is 0.254 e. The minimum atomic E-state index is -0.587. The normalized spacial score (nSPS) is 17.7. The minimum absolute atomic E-state index is 0.133. The van der Waals surface area contributed by atoms with Crippen LogP contribution in [-0.4, -0.2) is 29.8 Å². The minimum Gasteiger partial charge on any atom is -0.352 e. The quantitative estimate of drug-likeness (QED) is 0.880. The Hall–Kier alpha value is -2.14. The van der Waals surface area contributed by atoms with Crippen molar-refractivity contribution in [3.63, 3.8) is 0 Å². The molecule has 0 aliphatic carbocycles. The van der Waals surface area contributed by atoms with Gasteiger partial charge in [-0.2, -0.15) is 0 Å². The number of rotatable bonds is 2. The zero-order chi connectivity index (χ0) is 16.4. The molecule has 1 heterocycles. The standard InChI is InChI=1S/C18H17BrN2O2/c1-12-5-7-13(8-6-12)16-17(22)20-9-10-21(16)18(23)14-3-2-4-15(19)11-14/h2-8,11,16H,9-10H2,1H3,(H,20,22). The molecule has 0 radical (unpaired) electrons. The molecule has 1 N–H and O–H groups in total. The average molecular weight is 373 g/mol. The molecule has 1 saturated heterocycles. The van der Waals surface area contributed by atoms with E-state index in [-0.39, 0.29) is 11.8 Å². The van der Waals surface area contributed by atoms with Crippen molar-refractivity contribution in [1.82, 2.24) is 10.2 Å². The van der Waals surface area contributed by atoms with Crippen LogP contribution in [0.5, 0.6) is 0 Å². The van der Waals surface area contributed by atoms with Gasteiger partial charge in [0.15, 0.2) is 0 Å². The Morgan fingerprint density at radius 3 is 2.65 bits per heavy atom. The summed E-state index contributed by atoms with van der Waals surface area (Å²) in [4.78, 5) is 26.9. The molecule has 5 heteroatoms. The molecule has 3 rings (SSSR count). The van der Waals surface area contributed by atoms with Crippen molar-refractivity contribution in [2.75, 3.05) is 13.1 Å². The number of halogens is 1. The topological polar surface area (TPSA) is 49.4 Å². The van der Waals surface area contributed by atoms with E-state index in [1.165, 1.54) is 0 Å². The Labute approximate surface area is 143 Å². The van der Waals surface area contributed by atoms with E-state index in [1.54, 1.807) is 17.0 Å². The van der Waals surface area contributed by atoms with Crippen LogP contribution in [0.15, 0.2) is 53.0 Å². The van der Waals surface area contributed by atoms with Crippen molar-refractivity contribution in [2.45, 2.75) is 13.0 Å². The van der Waals surface area contributed by atoms with Gasteiger partial charge in [0.05, 0.1) is 0 Å². The lowest BCUT2D eigenvalue weighted by atomic mass is 10.00. The zero-order valence-electron chi connectivity index (χ0n) is 12.8. The summed E-state index contributed by atoms with van der Waals surface area (Å²) in [7, 11) is 0. The fraction of sp³-hybridized carbons (Fsp3) is 0.222. The van der Waals surface area contributed by atoms with E-state index in [9.17, 15) is 9.59 Å². The Balaban J connectivity index is 1.96. The van der Waals surface area contributed by atoms with E-state index in [2.05, 4.69) is 21.2 Å². The number of aryl methyl sites for hydroxylation is 1. The van der Waals surface area contributed by atoms with E-state index in [1.807, 2.05) is 43.3 Å². The second-order valence-corrected chi connectivity index (χ2v) is 6.53. The van der Waals surface area contributed by atoms with Crippen molar-refractivity contribution in [3.8, 4) is 0 Å². The summed E-state index contributed by atoms with van der Waals surface area (Å²) in [5.41, 5.74) is 2.53. The number of hydrogen-bond donors (Lipinski definition) is 1. The number of hydrogen-bond acceptors (Lipinski definition) is 2. The van der Waals surface area contributed by atoms with Crippen molar-refractivity contribution in [3.05, 3.63) is 69.7 Å². The zero-order valence-corrected chi connectivity index (χ0v) is 14.3. The van der Waals surface area contributed by atoms with Crippen LogP contribution in [-0.2, 0) is 4.79 Å². The van der Waals surface area contributed by atoms with Crippen molar-refractivity contribution in [2.24, 2.45) is 0 Å². The van der Waals surface area contributed by atoms with E-state index in [0.29, 0.717) is 18.7 Å². The molecule has 1 unspecified atom stereocenters. The summed E-state index contributed by atoms with van der Waals surface area (Å²) in [6, 6.07) is 14.4. The Kier molecular flexibility index (Phi) is 4.48. The summed E-state index contributed by atoms with van der Waals surface area (Å²) in [5, 5.41) is 2.85. The van der Waals surface area contributed by atoms with E-state index >= 15 is 0 Å². The van der Waals surface area contributed by atoms with Crippen LogP contribution in [0.4, 0.5) is 0 Å². The van der Waals surface area contributed by atoms with Crippen molar-refractivity contribution >= 4 is 27.7 Å². The third-order valence-corrected chi connectivity index (χ3v) is 4.43. The van der Waals surface area contributed by atoms with Crippen LogP contribution < -0.4 is 5.32 Å². The van der Waals surface area contributed by atoms with Crippen molar-refractivity contribution < 1.29 is 9.59 Å². The first-order valence-electron chi connectivity index (χ1n) is 7.47. The monoisotopic (exact) mass is 372 g/mol. The van der Waals surface area contributed by atoms with Gasteiger partial charge in [0.1, 0.15) is 6.04 Å². The van der Waals surface area contributed by atoms with Crippen molar-refractivity contribution in [1.29, 1.82) is 0 Å². The SMILES string of the molecule is Cc1ccc(C2C(=O)NCCN2C(=O)c2cccc(Br)c2)cc1. The van der Waals surface area contributed by atoms with Gasteiger partial charge in [-0.1, -0.05) is 51.8 Å². The van der Waals surface area contributed by atoms with Gasteiger partial charge >= 0.3 is 0 Å². The van der Waals surface area contributed by atoms with Crippen LogP contribution in [0.1, 0.15) is 27.5 Å². The fourth-order valence-corrected chi connectivity index (χ4v) is 3.15. The molecule has 1 aliphatic heterocycles. The first kappa shape index (κ1) is 15.7. The van der Waals surface area contributed by atoms with Crippen LogP contribution in [0, 0.1) is 6.92 Å². The number of carbonyl (C=O) groups is 2. The van der Waals surface area contributed by atoms with Gasteiger partial charge in [-0.3, -0.25) is 9.59 Å². The molecule has 23 heavy (non-hydrogen) atoms. The second kappa shape index (κ2) is 6.54. The lowest BCUT2D eigenvalue weighted by Crippen LogP contribution is -2.52. The van der Waals surface area contributed by atoms with Gasteiger partial charge in [-0.25, -0.2) is 0 Å². The molecule has 2 aromatic rings. The Bertz CT molecular complexity index is 743. The summed E-state index contributed by atoms with van der Waals surface area (Å²) >= 11 is 3.38. The predicted molar refractivity (Wildman–Crippen MR) is 92.1 cm³/mol. The molecule has 0 bridgehead atoms. The number of nitrogens with one attached hydrogen (secondary N) is 1. The molecule has 1 aliphatic rings. The molecular formula is C18H17BrN2O2. The molecule has 2 amide bonds. The summed E-state index contributed by atoms with van der Waals surface area (Å²) in [6.45, 7) is 2.96. The molecule has 0 aromatic heterocycles. The molecule has 0 spiro atoms. The highest BCUT2D eigenvalue weighted by Crippen LogP contribution is 2.26. The smallest absolute Gasteiger partial charge is 0.254 e. The molecule has 118 valence electrons. The van der Waals surface area contributed by atoms with Gasteiger partial charge in [0.25, 0.3) is 5.91 Å². The highest BCUT2D eigenvalue weighted by atomic mass is 79.9. The summed E-state index contributed by atoms with van der Waals surface area (Å²) < 4.78 is 0.844. The van der Waals surface area contributed by atoms with Crippen LogP contribution in [0.2, 0.25) is 0 Å². The Morgan fingerprint density at radius 1 is 1.22 bits per heavy atom. The third-order valence-electron chi connectivity index (χ3n) is 3.94. The molecular weight excluding hydrogens is 356 g/mol. The maximum atomic E-state index is 12.9. The van der Waals surface area contributed by atoms with Gasteiger partial charge < -0.3 is 10.2 Å². The molecule has 1 fully saturated rings. The molecule has 1 atom stereocenters.